The minimum atomic E-state index is -1.54. The van der Waals surface area contributed by atoms with Gasteiger partial charge in [-0.3, -0.25) is 9.89 Å². The molecule has 0 saturated carbocycles. The minimum absolute atomic E-state index is 0.146. The topological polar surface area (TPSA) is 104 Å². The van der Waals surface area contributed by atoms with Gasteiger partial charge in [-0.25, -0.2) is 4.79 Å². The van der Waals surface area contributed by atoms with Crippen molar-refractivity contribution in [2.24, 2.45) is 0 Å². The molecule has 0 saturated heterocycles. The van der Waals surface area contributed by atoms with Crippen LogP contribution in [0.25, 0.3) is 11.3 Å². The predicted molar refractivity (Wildman–Crippen MR) is 87.1 cm³/mol. The average Bonchev–Trinajstić information content (AvgIpc) is 2.90. The molecule has 1 atom stereocenters. The number of aliphatic carboxylic acids is 1. The number of H-pyrrole nitrogens is 1. The molecule has 1 amide bonds. The van der Waals surface area contributed by atoms with Gasteiger partial charge in [0.1, 0.15) is 11.4 Å². The molecule has 3 N–H and O–H groups in total. The van der Waals surface area contributed by atoms with Crippen LogP contribution in [0.2, 0.25) is 0 Å². The summed E-state index contributed by atoms with van der Waals surface area (Å²) in [6.07, 6.45) is 0. The molecule has 1 aromatic heterocycles. The van der Waals surface area contributed by atoms with Gasteiger partial charge in [-0.05, 0) is 22.9 Å². The Balaban J connectivity index is 2.28. The van der Waals surface area contributed by atoms with Gasteiger partial charge in [0.25, 0.3) is 5.91 Å². The maximum absolute atomic E-state index is 12.4. The zero-order chi connectivity index (χ0) is 17.0. The van der Waals surface area contributed by atoms with Gasteiger partial charge >= 0.3 is 5.97 Å². The lowest BCUT2D eigenvalue weighted by Crippen LogP contribution is -2.55. The number of carboxylic acid groups (broad SMARTS) is 1. The van der Waals surface area contributed by atoms with Crippen LogP contribution >= 0.6 is 15.9 Å². The average molecular weight is 382 g/mol. The van der Waals surface area contributed by atoms with Crippen LogP contribution in [0.4, 0.5) is 0 Å². The molecule has 1 heterocycles. The van der Waals surface area contributed by atoms with Crippen molar-refractivity contribution in [1.82, 2.24) is 15.5 Å². The van der Waals surface area contributed by atoms with Crippen LogP contribution in [0.1, 0.15) is 17.4 Å². The van der Waals surface area contributed by atoms with Gasteiger partial charge in [-0.2, -0.15) is 5.10 Å². The monoisotopic (exact) mass is 381 g/mol. The van der Waals surface area contributed by atoms with E-state index in [2.05, 4.69) is 31.4 Å². The summed E-state index contributed by atoms with van der Waals surface area (Å²) in [5.41, 5.74) is 0.00282. The fourth-order valence-electron chi connectivity index (χ4n) is 2.02. The number of hydrogen-bond acceptors (Lipinski definition) is 4. The number of carbonyl (C=O) groups is 2. The molecule has 2 aromatic rings. The summed E-state index contributed by atoms with van der Waals surface area (Å²) in [5, 5.41) is 18.5. The second kappa shape index (κ2) is 6.93. The first kappa shape index (κ1) is 17.2. The molecule has 7 nitrogen and oxygen atoms in total. The standard InChI is InChI=1S/C15H16BrN3O4/c1-15(8-23-2,14(21)22)17-13(20)12-10(16)11(18-19-12)9-6-4-3-5-7-9/h3-7H,8H2,1-2H3,(H,17,20)(H,18,19)(H,21,22). The summed E-state index contributed by atoms with van der Waals surface area (Å²) in [6.45, 7) is 1.21. The second-order valence-electron chi connectivity index (χ2n) is 5.15. The molecule has 0 aliphatic rings. The third kappa shape index (κ3) is 3.59. The van der Waals surface area contributed by atoms with Crippen LogP contribution in [0.5, 0.6) is 0 Å². The molecule has 0 spiro atoms. The fraction of sp³-hybridized carbons (Fsp3) is 0.267. The molecule has 1 aromatic carbocycles. The van der Waals surface area contributed by atoms with Crippen molar-refractivity contribution in [3.63, 3.8) is 0 Å². The first-order valence-electron chi connectivity index (χ1n) is 6.73. The number of hydrogen-bond donors (Lipinski definition) is 3. The van der Waals surface area contributed by atoms with Gasteiger partial charge in [0.15, 0.2) is 5.54 Å². The summed E-state index contributed by atoms with van der Waals surface area (Å²) in [4.78, 5) is 23.7. The lowest BCUT2D eigenvalue weighted by molar-refractivity contribution is -0.145. The predicted octanol–water partition coefficient (Wildman–Crippen LogP) is 2.06. The van der Waals surface area contributed by atoms with Crippen molar-refractivity contribution in [3.8, 4) is 11.3 Å². The van der Waals surface area contributed by atoms with E-state index in [0.717, 1.165) is 5.56 Å². The maximum Gasteiger partial charge on any atom is 0.331 e. The van der Waals surface area contributed by atoms with Crippen LogP contribution in [-0.4, -0.2) is 46.4 Å². The lowest BCUT2D eigenvalue weighted by Gasteiger charge is -2.24. The Morgan fingerprint density at radius 1 is 1.39 bits per heavy atom. The van der Waals surface area contributed by atoms with Crippen molar-refractivity contribution in [2.75, 3.05) is 13.7 Å². The van der Waals surface area contributed by atoms with E-state index in [1.54, 1.807) is 0 Å². The smallest absolute Gasteiger partial charge is 0.331 e. The molecule has 2 rings (SSSR count). The molecule has 0 aliphatic carbocycles. The number of carbonyl (C=O) groups excluding carboxylic acids is 1. The molecule has 0 fully saturated rings. The highest BCUT2D eigenvalue weighted by Gasteiger charge is 2.36. The highest BCUT2D eigenvalue weighted by Crippen LogP contribution is 2.28. The van der Waals surface area contributed by atoms with Crippen LogP contribution in [0.15, 0.2) is 34.8 Å². The van der Waals surface area contributed by atoms with Crippen LogP contribution in [0, 0.1) is 0 Å². The van der Waals surface area contributed by atoms with E-state index in [1.807, 2.05) is 30.3 Å². The summed E-state index contributed by atoms with van der Waals surface area (Å²) in [7, 11) is 1.37. The fourth-order valence-corrected chi connectivity index (χ4v) is 2.61. The number of nitrogens with zero attached hydrogens (tertiary/aromatic N) is 1. The number of ether oxygens (including phenoxy) is 1. The molecular formula is C15H16BrN3O4. The Kier molecular flexibility index (Phi) is 5.17. The Morgan fingerprint density at radius 2 is 2.04 bits per heavy atom. The van der Waals surface area contributed by atoms with E-state index < -0.39 is 17.4 Å². The van der Waals surface area contributed by atoms with Gasteiger partial charge in [0.2, 0.25) is 0 Å². The first-order valence-corrected chi connectivity index (χ1v) is 7.52. The Morgan fingerprint density at radius 3 is 2.61 bits per heavy atom. The molecule has 0 bridgehead atoms. The molecular weight excluding hydrogens is 366 g/mol. The number of amides is 1. The van der Waals surface area contributed by atoms with Crippen LogP contribution in [-0.2, 0) is 9.53 Å². The molecule has 1 unspecified atom stereocenters. The maximum atomic E-state index is 12.4. The van der Waals surface area contributed by atoms with E-state index in [1.165, 1.54) is 14.0 Å². The first-order chi connectivity index (χ1) is 10.9. The van der Waals surface area contributed by atoms with Crippen LogP contribution in [0.3, 0.4) is 0 Å². The number of carboxylic acids is 1. The zero-order valence-electron chi connectivity index (χ0n) is 12.6. The van der Waals surface area contributed by atoms with E-state index in [4.69, 9.17) is 4.74 Å². The summed E-state index contributed by atoms with van der Waals surface area (Å²) >= 11 is 3.34. The van der Waals surface area contributed by atoms with E-state index in [0.29, 0.717) is 10.2 Å². The third-order valence-electron chi connectivity index (χ3n) is 3.28. The number of halogens is 1. The molecule has 0 aliphatic heterocycles. The van der Waals surface area contributed by atoms with E-state index in [9.17, 15) is 14.7 Å². The number of methoxy groups -OCH3 is 1. The second-order valence-corrected chi connectivity index (χ2v) is 5.94. The summed E-state index contributed by atoms with van der Waals surface area (Å²) < 4.78 is 5.34. The number of aromatic nitrogens is 2. The molecule has 8 heteroatoms. The van der Waals surface area contributed by atoms with Crippen molar-refractivity contribution in [3.05, 3.63) is 40.5 Å². The highest BCUT2D eigenvalue weighted by molar-refractivity contribution is 9.10. The zero-order valence-corrected chi connectivity index (χ0v) is 14.2. The Labute approximate surface area is 141 Å². The van der Waals surface area contributed by atoms with Gasteiger partial charge < -0.3 is 15.2 Å². The van der Waals surface area contributed by atoms with Gasteiger partial charge in [0, 0.05) is 12.7 Å². The third-order valence-corrected chi connectivity index (χ3v) is 4.05. The SMILES string of the molecule is COCC(C)(NC(=O)c1[nH]nc(-c2ccccc2)c1Br)C(=O)O. The summed E-state index contributed by atoms with van der Waals surface area (Å²) in [5.74, 6) is -1.78. The van der Waals surface area contributed by atoms with E-state index >= 15 is 0 Å². The van der Waals surface area contributed by atoms with Crippen molar-refractivity contribution in [1.29, 1.82) is 0 Å². The van der Waals surface area contributed by atoms with Crippen molar-refractivity contribution >= 4 is 27.8 Å². The van der Waals surface area contributed by atoms with Crippen LogP contribution < -0.4 is 5.32 Å². The largest absolute Gasteiger partial charge is 0.479 e. The minimum Gasteiger partial charge on any atom is -0.479 e. The van der Waals surface area contributed by atoms with Crippen molar-refractivity contribution in [2.45, 2.75) is 12.5 Å². The number of benzene rings is 1. The van der Waals surface area contributed by atoms with Gasteiger partial charge in [-0.15, -0.1) is 0 Å². The number of nitrogens with one attached hydrogen (secondary N) is 2. The normalized spacial score (nSPS) is 13.3. The molecule has 122 valence electrons. The molecule has 0 radical (unpaired) electrons. The Hall–Kier alpha value is -2.19. The van der Waals surface area contributed by atoms with Crippen molar-refractivity contribution < 1.29 is 19.4 Å². The Bertz CT molecular complexity index is 717. The molecule has 23 heavy (non-hydrogen) atoms. The van der Waals surface area contributed by atoms with Gasteiger partial charge in [0.05, 0.1) is 11.1 Å². The highest BCUT2D eigenvalue weighted by atomic mass is 79.9. The summed E-state index contributed by atoms with van der Waals surface area (Å²) in [6, 6.07) is 9.30. The quantitative estimate of drug-likeness (QED) is 0.710. The number of aromatic amines is 1. The van der Waals surface area contributed by atoms with Gasteiger partial charge in [-0.1, -0.05) is 30.3 Å². The lowest BCUT2D eigenvalue weighted by atomic mass is 10.0. The van der Waals surface area contributed by atoms with E-state index in [-0.39, 0.29) is 12.3 Å². The number of rotatable bonds is 6.